The summed E-state index contributed by atoms with van der Waals surface area (Å²) < 4.78 is 9.58. The molecule has 0 aromatic carbocycles. The highest BCUT2D eigenvalue weighted by atomic mass is 35.5. The zero-order valence-corrected chi connectivity index (χ0v) is 8.25. The van der Waals surface area contributed by atoms with E-state index in [4.69, 9.17) is 16.3 Å². The summed E-state index contributed by atoms with van der Waals surface area (Å²) in [5, 5.41) is 5.97. The molecule has 0 aliphatic heterocycles. The Bertz CT molecular complexity index is 316. The Hall–Kier alpha value is -1.10. The average Bonchev–Trinajstić information content (AvgIpc) is 2.31. The minimum atomic E-state index is -0.750. The van der Waals surface area contributed by atoms with E-state index in [9.17, 15) is 4.79 Å². The van der Waals surface area contributed by atoms with E-state index in [1.54, 1.807) is 0 Å². The van der Waals surface area contributed by atoms with E-state index in [1.165, 1.54) is 0 Å². The summed E-state index contributed by atoms with van der Waals surface area (Å²) >= 11 is 5.20. The predicted octanol–water partition coefficient (Wildman–Crippen LogP) is 1.63. The molecule has 72 valence electrons. The van der Waals surface area contributed by atoms with Crippen LogP contribution in [0.2, 0.25) is 0 Å². The van der Waals surface area contributed by atoms with Crippen LogP contribution in [0, 0.1) is 0 Å². The van der Waals surface area contributed by atoms with Crippen molar-refractivity contribution in [1.29, 1.82) is 0 Å². The third-order valence-corrected chi connectivity index (χ3v) is 1.23. The number of ether oxygens (including phenoxy) is 1. The van der Waals surface area contributed by atoms with E-state index in [1.807, 2.05) is 20.8 Å². The van der Waals surface area contributed by atoms with Crippen LogP contribution in [-0.2, 0) is 0 Å². The molecule has 6 heteroatoms. The van der Waals surface area contributed by atoms with Crippen LogP contribution in [0.3, 0.4) is 0 Å². The summed E-state index contributed by atoms with van der Waals surface area (Å²) in [5.74, 6) is 0.0208. The van der Waals surface area contributed by atoms with Crippen molar-refractivity contribution < 1.29 is 14.2 Å². The molecule has 0 unspecified atom stereocenters. The molecule has 0 atom stereocenters. The maximum absolute atomic E-state index is 10.7. The number of nitrogens with zero attached hydrogens (tertiary/aromatic N) is 2. The van der Waals surface area contributed by atoms with Gasteiger partial charge in [0.1, 0.15) is 5.60 Å². The molecule has 0 fully saturated rings. The van der Waals surface area contributed by atoms with Gasteiger partial charge in [-0.25, -0.2) is 4.63 Å². The SMILES string of the molecule is CC(C)(C)Oc1nonc1C(=O)Cl. The van der Waals surface area contributed by atoms with Crippen LogP contribution in [0.15, 0.2) is 4.63 Å². The molecule has 0 saturated heterocycles. The first-order valence-electron chi connectivity index (χ1n) is 3.61. The molecule has 0 aliphatic rings. The molecule has 0 radical (unpaired) electrons. The molecule has 5 nitrogen and oxygen atoms in total. The quantitative estimate of drug-likeness (QED) is 0.685. The molecule has 0 amide bonds. The van der Waals surface area contributed by atoms with E-state index >= 15 is 0 Å². The minimum absolute atomic E-state index is 0.0208. The second-order valence-electron chi connectivity index (χ2n) is 3.41. The first-order valence-corrected chi connectivity index (χ1v) is 3.99. The summed E-state index contributed by atoms with van der Waals surface area (Å²) in [6.45, 7) is 5.43. The Morgan fingerprint density at radius 3 is 2.54 bits per heavy atom. The van der Waals surface area contributed by atoms with E-state index in [0.29, 0.717) is 0 Å². The second-order valence-corrected chi connectivity index (χ2v) is 3.75. The number of carbonyl (C=O) groups is 1. The number of carbonyl (C=O) groups excluding carboxylic acids is 1. The Morgan fingerprint density at radius 1 is 1.46 bits per heavy atom. The van der Waals surface area contributed by atoms with E-state index < -0.39 is 10.8 Å². The lowest BCUT2D eigenvalue weighted by Gasteiger charge is -2.18. The van der Waals surface area contributed by atoms with Crippen molar-refractivity contribution >= 4 is 16.8 Å². The van der Waals surface area contributed by atoms with Crippen molar-refractivity contribution in [2.45, 2.75) is 26.4 Å². The highest BCUT2D eigenvalue weighted by molar-refractivity contribution is 6.67. The van der Waals surface area contributed by atoms with Crippen LogP contribution in [0.1, 0.15) is 31.3 Å². The van der Waals surface area contributed by atoms with Gasteiger partial charge in [-0.05, 0) is 42.7 Å². The Morgan fingerprint density at radius 2 is 2.08 bits per heavy atom. The molecule has 1 rings (SSSR count). The zero-order chi connectivity index (χ0) is 10.1. The van der Waals surface area contributed by atoms with Crippen LogP contribution >= 0.6 is 11.6 Å². The molecule has 0 saturated carbocycles. The van der Waals surface area contributed by atoms with Crippen LogP contribution < -0.4 is 4.74 Å². The molecular weight excluding hydrogens is 196 g/mol. The van der Waals surface area contributed by atoms with Gasteiger partial charge in [0, 0.05) is 0 Å². The molecule has 1 heterocycles. The summed E-state index contributed by atoms with van der Waals surface area (Å²) in [6.07, 6.45) is 0. The number of hydrogen-bond acceptors (Lipinski definition) is 5. The highest BCUT2D eigenvalue weighted by Crippen LogP contribution is 2.20. The summed E-state index contributed by atoms with van der Waals surface area (Å²) in [5.41, 5.74) is -0.573. The van der Waals surface area contributed by atoms with Crippen LogP contribution in [-0.4, -0.2) is 21.2 Å². The molecule has 13 heavy (non-hydrogen) atoms. The number of aromatic nitrogens is 2. The predicted molar refractivity (Wildman–Crippen MR) is 44.9 cm³/mol. The van der Waals surface area contributed by atoms with Crippen molar-refractivity contribution in [2.75, 3.05) is 0 Å². The summed E-state index contributed by atoms with van der Waals surface area (Å²) in [6, 6.07) is 0. The number of halogens is 1. The third-order valence-electron chi connectivity index (χ3n) is 1.05. The molecule has 0 aliphatic carbocycles. The molecule has 0 spiro atoms. The molecule has 1 aromatic heterocycles. The van der Waals surface area contributed by atoms with Crippen LogP contribution in [0.5, 0.6) is 5.88 Å². The Labute approximate surface area is 80.0 Å². The van der Waals surface area contributed by atoms with Gasteiger partial charge in [-0.15, -0.1) is 0 Å². The Balaban J connectivity index is 2.89. The van der Waals surface area contributed by atoms with Gasteiger partial charge in [0.05, 0.1) is 0 Å². The van der Waals surface area contributed by atoms with Crippen molar-refractivity contribution in [3.05, 3.63) is 5.69 Å². The van der Waals surface area contributed by atoms with Crippen molar-refractivity contribution in [2.24, 2.45) is 0 Å². The first-order chi connectivity index (χ1) is 5.90. The van der Waals surface area contributed by atoms with Gasteiger partial charge in [-0.2, -0.15) is 0 Å². The topological polar surface area (TPSA) is 65.2 Å². The van der Waals surface area contributed by atoms with Gasteiger partial charge in [0.25, 0.3) is 11.1 Å². The van der Waals surface area contributed by atoms with Gasteiger partial charge < -0.3 is 4.74 Å². The lowest BCUT2D eigenvalue weighted by Crippen LogP contribution is -2.24. The normalized spacial score (nSPS) is 11.4. The van der Waals surface area contributed by atoms with Gasteiger partial charge >= 0.3 is 0 Å². The van der Waals surface area contributed by atoms with Crippen molar-refractivity contribution in [3.63, 3.8) is 0 Å². The molecule has 0 bridgehead atoms. The summed E-state index contributed by atoms with van der Waals surface area (Å²) in [7, 11) is 0. The third kappa shape index (κ3) is 2.69. The minimum Gasteiger partial charge on any atom is -0.468 e. The van der Waals surface area contributed by atoms with Crippen molar-refractivity contribution in [1.82, 2.24) is 10.3 Å². The standard InChI is InChI=1S/C7H9ClN2O3/c1-7(2,3)12-6-4(5(8)11)9-13-10-6/h1-3H3. The lowest BCUT2D eigenvalue weighted by atomic mass is 10.2. The largest absolute Gasteiger partial charge is 0.468 e. The van der Waals surface area contributed by atoms with E-state index in [0.717, 1.165) is 0 Å². The highest BCUT2D eigenvalue weighted by Gasteiger charge is 2.22. The van der Waals surface area contributed by atoms with E-state index in [2.05, 4.69) is 14.9 Å². The van der Waals surface area contributed by atoms with E-state index in [-0.39, 0.29) is 11.6 Å². The van der Waals surface area contributed by atoms with Crippen LogP contribution in [0.4, 0.5) is 0 Å². The van der Waals surface area contributed by atoms with Gasteiger partial charge in [-0.1, -0.05) is 0 Å². The van der Waals surface area contributed by atoms with Gasteiger partial charge in [0.2, 0.25) is 5.69 Å². The molecule has 1 aromatic rings. The van der Waals surface area contributed by atoms with Gasteiger partial charge in [0.15, 0.2) is 0 Å². The lowest BCUT2D eigenvalue weighted by molar-refractivity contribution is 0.104. The maximum atomic E-state index is 10.7. The average molecular weight is 205 g/mol. The Kier molecular flexibility index (Phi) is 2.56. The first kappa shape index (κ1) is 9.98. The fourth-order valence-electron chi connectivity index (χ4n) is 0.658. The van der Waals surface area contributed by atoms with Crippen molar-refractivity contribution in [3.8, 4) is 5.88 Å². The fourth-order valence-corrected chi connectivity index (χ4v) is 0.773. The maximum Gasteiger partial charge on any atom is 0.288 e. The summed E-state index contributed by atoms with van der Waals surface area (Å²) in [4.78, 5) is 10.7. The number of hydrogen-bond donors (Lipinski definition) is 0. The molecule has 0 N–H and O–H groups in total. The zero-order valence-electron chi connectivity index (χ0n) is 7.50. The smallest absolute Gasteiger partial charge is 0.288 e. The van der Waals surface area contributed by atoms with Gasteiger partial charge in [-0.3, -0.25) is 4.79 Å². The number of rotatable bonds is 2. The second kappa shape index (κ2) is 3.33. The monoisotopic (exact) mass is 204 g/mol. The fraction of sp³-hybridized carbons (Fsp3) is 0.571. The van der Waals surface area contributed by atoms with Crippen LogP contribution in [0.25, 0.3) is 0 Å². The molecular formula is C7H9ClN2O3.